The molecule has 0 aliphatic heterocycles. The summed E-state index contributed by atoms with van der Waals surface area (Å²) in [6.45, 7) is 2.54. The van der Waals surface area contributed by atoms with Crippen molar-refractivity contribution >= 4 is 27.9 Å². The molecule has 1 amide bonds. The van der Waals surface area contributed by atoms with Gasteiger partial charge in [-0.25, -0.2) is 0 Å². The lowest BCUT2D eigenvalue weighted by atomic mass is 10.3. The second-order valence-corrected chi connectivity index (χ2v) is 5.26. The van der Waals surface area contributed by atoms with Crippen molar-refractivity contribution < 1.29 is 14.5 Å². The standard InChI is InChI=1S/C14H14N2O4S/c1-2-9-20-11-6-4-3-5-10(11)15-14(17)12-7-8-13(21-12)16(18)19/h3-8H,2,9H2,1H3,(H,15,17). The molecule has 0 saturated heterocycles. The van der Waals surface area contributed by atoms with Gasteiger partial charge in [0.15, 0.2) is 0 Å². The molecule has 0 aliphatic carbocycles. The molecule has 0 fully saturated rings. The first kappa shape index (κ1) is 15.0. The second kappa shape index (κ2) is 6.85. The SMILES string of the molecule is CCCOc1ccccc1NC(=O)c1ccc([N+](=O)[O-])s1. The molecule has 0 unspecified atom stereocenters. The zero-order valence-electron chi connectivity index (χ0n) is 11.4. The van der Waals surface area contributed by atoms with Crippen LogP contribution in [0.5, 0.6) is 5.75 Å². The number of hydrogen-bond acceptors (Lipinski definition) is 5. The minimum Gasteiger partial charge on any atom is -0.491 e. The summed E-state index contributed by atoms with van der Waals surface area (Å²) in [5.74, 6) is 0.194. The van der Waals surface area contributed by atoms with Gasteiger partial charge < -0.3 is 10.1 Å². The van der Waals surface area contributed by atoms with Gasteiger partial charge in [0.1, 0.15) is 5.75 Å². The molecule has 0 saturated carbocycles. The van der Waals surface area contributed by atoms with E-state index in [1.54, 1.807) is 18.2 Å². The van der Waals surface area contributed by atoms with Gasteiger partial charge in [-0.2, -0.15) is 0 Å². The maximum absolute atomic E-state index is 12.1. The van der Waals surface area contributed by atoms with Gasteiger partial charge in [-0.05, 0) is 24.6 Å². The fraction of sp³-hybridized carbons (Fsp3) is 0.214. The van der Waals surface area contributed by atoms with Gasteiger partial charge in [-0.3, -0.25) is 14.9 Å². The minimum atomic E-state index is -0.514. The Bertz CT molecular complexity index is 654. The lowest BCUT2D eigenvalue weighted by Crippen LogP contribution is -2.11. The number of para-hydroxylation sites is 2. The summed E-state index contributed by atoms with van der Waals surface area (Å²) in [6, 6.07) is 9.85. The molecule has 21 heavy (non-hydrogen) atoms. The highest BCUT2D eigenvalue weighted by Crippen LogP contribution is 2.27. The van der Waals surface area contributed by atoms with Gasteiger partial charge in [0, 0.05) is 6.07 Å². The predicted molar refractivity (Wildman–Crippen MR) is 81.2 cm³/mol. The normalized spacial score (nSPS) is 10.1. The third-order valence-corrected chi connectivity index (χ3v) is 3.63. The first-order valence-corrected chi connectivity index (χ1v) is 7.21. The van der Waals surface area contributed by atoms with Crippen LogP contribution in [0.3, 0.4) is 0 Å². The van der Waals surface area contributed by atoms with Gasteiger partial charge in [0.05, 0.1) is 22.1 Å². The fourth-order valence-corrected chi connectivity index (χ4v) is 2.36. The van der Waals surface area contributed by atoms with E-state index >= 15 is 0 Å². The summed E-state index contributed by atoms with van der Waals surface area (Å²) in [5, 5.41) is 13.3. The van der Waals surface area contributed by atoms with Crippen LogP contribution in [0, 0.1) is 10.1 Å². The van der Waals surface area contributed by atoms with E-state index in [-0.39, 0.29) is 15.8 Å². The predicted octanol–water partition coefficient (Wildman–Crippen LogP) is 3.70. The molecule has 2 aromatic rings. The molecule has 1 heterocycles. The van der Waals surface area contributed by atoms with E-state index in [9.17, 15) is 14.9 Å². The largest absolute Gasteiger partial charge is 0.491 e. The molecule has 1 N–H and O–H groups in total. The van der Waals surface area contributed by atoms with Crippen molar-refractivity contribution in [2.24, 2.45) is 0 Å². The van der Waals surface area contributed by atoms with Crippen molar-refractivity contribution in [1.29, 1.82) is 0 Å². The van der Waals surface area contributed by atoms with E-state index in [0.29, 0.717) is 18.0 Å². The number of carbonyl (C=O) groups is 1. The highest BCUT2D eigenvalue weighted by atomic mass is 32.1. The number of carbonyl (C=O) groups excluding carboxylic acids is 1. The Morgan fingerprint density at radius 3 is 2.76 bits per heavy atom. The molecule has 0 spiro atoms. The molecule has 1 aromatic heterocycles. The Labute approximate surface area is 125 Å². The van der Waals surface area contributed by atoms with Crippen LogP contribution in [0.4, 0.5) is 10.7 Å². The van der Waals surface area contributed by atoms with E-state index in [1.165, 1.54) is 12.1 Å². The molecule has 7 heteroatoms. The molecule has 0 atom stereocenters. The van der Waals surface area contributed by atoms with E-state index < -0.39 is 4.92 Å². The number of anilines is 1. The molecule has 0 aliphatic rings. The van der Waals surface area contributed by atoms with Crippen molar-refractivity contribution in [3.63, 3.8) is 0 Å². The van der Waals surface area contributed by atoms with Gasteiger partial charge in [-0.1, -0.05) is 30.4 Å². The molecule has 2 rings (SSSR count). The smallest absolute Gasteiger partial charge is 0.324 e. The molecular formula is C14H14N2O4S. The van der Waals surface area contributed by atoms with Crippen LogP contribution in [0.2, 0.25) is 0 Å². The number of thiophene rings is 1. The van der Waals surface area contributed by atoms with E-state index in [0.717, 1.165) is 17.8 Å². The number of nitro groups is 1. The average molecular weight is 306 g/mol. The second-order valence-electron chi connectivity index (χ2n) is 4.19. The van der Waals surface area contributed by atoms with Crippen LogP contribution in [0.25, 0.3) is 0 Å². The molecule has 0 bridgehead atoms. The van der Waals surface area contributed by atoms with E-state index in [1.807, 2.05) is 13.0 Å². The van der Waals surface area contributed by atoms with Crippen molar-refractivity contribution in [3.8, 4) is 5.75 Å². The number of ether oxygens (including phenoxy) is 1. The van der Waals surface area contributed by atoms with Gasteiger partial charge in [0.25, 0.3) is 5.91 Å². The zero-order valence-corrected chi connectivity index (χ0v) is 12.2. The van der Waals surface area contributed by atoms with Crippen LogP contribution in [0.15, 0.2) is 36.4 Å². The number of nitrogens with zero attached hydrogens (tertiary/aromatic N) is 1. The number of benzene rings is 1. The Morgan fingerprint density at radius 1 is 1.33 bits per heavy atom. The van der Waals surface area contributed by atoms with Crippen LogP contribution < -0.4 is 10.1 Å². The Balaban J connectivity index is 2.13. The summed E-state index contributed by atoms with van der Waals surface area (Å²) in [4.78, 5) is 22.5. The van der Waals surface area contributed by atoms with Crippen LogP contribution in [-0.2, 0) is 0 Å². The van der Waals surface area contributed by atoms with E-state index in [4.69, 9.17) is 4.74 Å². The van der Waals surface area contributed by atoms with Crippen molar-refractivity contribution in [3.05, 3.63) is 51.4 Å². The van der Waals surface area contributed by atoms with Crippen molar-refractivity contribution in [1.82, 2.24) is 0 Å². The van der Waals surface area contributed by atoms with Crippen molar-refractivity contribution in [2.75, 3.05) is 11.9 Å². The number of amides is 1. The first-order valence-electron chi connectivity index (χ1n) is 6.39. The summed E-state index contributed by atoms with van der Waals surface area (Å²) in [5.41, 5.74) is 0.548. The van der Waals surface area contributed by atoms with E-state index in [2.05, 4.69) is 5.32 Å². The summed E-state index contributed by atoms with van der Waals surface area (Å²) < 4.78 is 5.55. The number of rotatable bonds is 6. The highest BCUT2D eigenvalue weighted by molar-refractivity contribution is 7.17. The zero-order chi connectivity index (χ0) is 15.2. The highest BCUT2D eigenvalue weighted by Gasteiger charge is 2.16. The monoisotopic (exact) mass is 306 g/mol. The maximum Gasteiger partial charge on any atom is 0.324 e. The summed E-state index contributed by atoms with van der Waals surface area (Å²) in [6.07, 6.45) is 0.861. The first-order chi connectivity index (χ1) is 10.1. The Kier molecular flexibility index (Phi) is 4.89. The summed E-state index contributed by atoms with van der Waals surface area (Å²) in [7, 11) is 0. The van der Waals surface area contributed by atoms with Crippen LogP contribution in [-0.4, -0.2) is 17.4 Å². The molecule has 1 aromatic carbocycles. The maximum atomic E-state index is 12.1. The molecular weight excluding hydrogens is 292 g/mol. The lowest BCUT2D eigenvalue weighted by molar-refractivity contribution is -0.380. The Morgan fingerprint density at radius 2 is 2.10 bits per heavy atom. The van der Waals surface area contributed by atoms with Crippen LogP contribution in [0.1, 0.15) is 23.0 Å². The molecule has 0 radical (unpaired) electrons. The quantitative estimate of drug-likeness (QED) is 0.651. The van der Waals surface area contributed by atoms with Gasteiger partial charge >= 0.3 is 5.00 Å². The molecule has 110 valence electrons. The molecule has 6 nitrogen and oxygen atoms in total. The minimum absolute atomic E-state index is 0.0596. The average Bonchev–Trinajstić information content (AvgIpc) is 2.96. The van der Waals surface area contributed by atoms with Gasteiger partial charge in [0.2, 0.25) is 0 Å². The third kappa shape index (κ3) is 3.79. The Hall–Kier alpha value is -2.41. The number of hydrogen-bond donors (Lipinski definition) is 1. The third-order valence-electron chi connectivity index (χ3n) is 2.59. The number of nitrogens with one attached hydrogen (secondary N) is 1. The summed E-state index contributed by atoms with van der Waals surface area (Å²) >= 11 is 0.840. The van der Waals surface area contributed by atoms with Crippen molar-refractivity contribution in [2.45, 2.75) is 13.3 Å². The van der Waals surface area contributed by atoms with Gasteiger partial charge in [-0.15, -0.1) is 0 Å². The lowest BCUT2D eigenvalue weighted by Gasteiger charge is -2.11. The van der Waals surface area contributed by atoms with Crippen LogP contribution >= 0.6 is 11.3 Å². The fourth-order valence-electron chi connectivity index (χ4n) is 1.64. The topological polar surface area (TPSA) is 81.5 Å².